The van der Waals surface area contributed by atoms with Gasteiger partial charge in [0.15, 0.2) is 5.82 Å². The summed E-state index contributed by atoms with van der Waals surface area (Å²) in [4.78, 5) is 4.30. The van der Waals surface area contributed by atoms with Crippen LogP contribution in [0.5, 0.6) is 0 Å². The van der Waals surface area contributed by atoms with Crippen LogP contribution in [0, 0.1) is 0 Å². The molecule has 2 atom stereocenters. The van der Waals surface area contributed by atoms with Gasteiger partial charge in [-0.15, -0.1) is 0 Å². The SMILES string of the molecule is CCC(O)C(C)c1nc(C2CC2)no1. The van der Waals surface area contributed by atoms with Crippen molar-refractivity contribution in [2.45, 2.75) is 51.0 Å². The predicted molar refractivity (Wildman–Crippen MR) is 51.0 cm³/mol. The van der Waals surface area contributed by atoms with Gasteiger partial charge in [0.25, 0.3) is 0 Å². The number of aliphatic hydroxyl groups excluding tert-OH is 1. The van der Waals surface area contributed by atoms with Crippen molar-refractivity contribution in [1.29, 1.82) is 0 Å². The lowest BCUT2D eigenvalue weighted by Gasteiger charge is -2.11. The number of hydrogen-bond acceptors (Lipinski definition) is 4. The lowest BCUT2D eigenvalue weighted by Crippen LogP contribution is -2.14. The van der Waals surface area contributed by atoms with Crippen molar-refractivity contribution in [3.63, 3.8) is 0 Å². The van der Waals surface area contributed by atoms with E-state index >= 15 is 0 Å². The molecule has 1 heterocycles. The average molecular weight is 196 g/mol. The summed E-state index contributed by atoms with van der Waals surface area (Å²) < 4.78 is 5.13. The first-order chi connectivity index (χ1) is 6.72. The van der Waals surface area contributed by atoms with Gasteiger partial charge in [-0.05, 0) is 19.3 Å². The molecule has 78 valence electrons. The van der Waals surface area contributed by atoms with Crippen LogP contribution in [0.25, 0.3) is 0 Å². The Morgan fingerprint density at radius 2 is 2.29 bits per heavy atom. The smallest absolute Gasteiger partial charge is 0.232 e. The van der Waals surface area contributed by atoms with Crippen LogP contribution in [-0.2, 0) is 0 Å². The molecule has 14 heavy (non-hydrogen) atoms. The maximum absolute atomic E-state index is 9.62. The summed E-state index contributed by atoms with van der Waals surface area (Å²) in [5.41, 5.74) is 0. The van der Waals surface area contributed by atoms with Crippen LogP contribution in [0.2, 0.25) is 0 Å². The Morgan fingerprint density at radius 1 is 1.57 bits per heavy atom. The molecule has 0 aliphatic heterocycles. The number of rotatable bonds is 4. The van der Waals surface area contributed by atoms with Gasteiger partial charge in [0.1, 0.15) is 0 Å². The normalized spacial score (nSPS) is 20.8. The molecule has 0 aromatic carbocycles. The van der Waals surface area contributed by atoms with Crippen molar-refractivity contribution in [3.8, 4) is 0 Å². The summed E-state index contributed by atoms with van der Waals surface area (Å²) >= 11 is 0. The Bertz CT molecular complexity index is 307. The first-order valence-corrected chi connectivity index (χ1v) is 5.24. The van der Waals surface area contributed by atoms with Gasteiger partial charge in [-0.1, -0.05) is 19.0 Å². The molecule has 1 fully saturated rings. The monoisotopic (exact) mass is 196 g/mol. The molecule has 1 saturated carbocycles. The zero-order valence-corrected chi connectivity index (χ0v) is 8.60. The van der Waals surface area contributed by atoms with E-state index in [-0.39, 0.29) is 12.0 Å². The fourth-order valence-corrected chi connectivity index (χ4v) is 1.46. The molecule has 2 rings (SSSR count). The Balaban J connectivity index is 2.07. The van der Waals surface area contributed by atoms with Gasteiger partial charge >= 0.3 is 0 Å². The third kappa shape index (κ3) is 1.80. The van der Waals surface area contributed by atoms with E-state index < -0.39 is 0 Å². The van der Waals surface area contributed by atoms with Gasteiger partial charge in [-0.25, -0.2) is 0 Å². The summed E-state index contributed by atoms with van der Waals surface area (Å²) in [5, 5.41) is 13.5. The second kappa shape index (κ2) is 3.69. The highest BCUT2D eigenvalue weighted by atomic mass is 16.5. The van der Waals surface area contributed by atoms with E-state index in [1.165, 1.54) is 12.8 Å². The molecule has 2 unspecified atom stereocenters. The van der Waals surface area contributed by atoms with Crippen LogP contribution in [0.15, 0.2) is 4.52 Å². The van der Waals surface area contributed by atoms with Crippen molar-refractivity contribution in [2.24, 2.45) is 0 Å². The molecule has 1 aliphatic rings. The fourth-order valence-electron chi connectivity index (χ4n) is 1.46. The molecule has 1 aliphatic carbocycles. The minimum Gasteiger partial charge on any atom is -0.392 e. The minimum absolute atomic E-state index is 0.0556. The summed E-state index contributed by atoms with van der Waals surface area (Å²) in [7, 11) is 0. The van der Waals surface area contributed by atoms with Gasteiger partial charge in [-0.2, -0.15) is 4.98 Å². The van der Waals surface area contributed by atoms with Gasteiger partial charge < -0.3 is 9.63 Å². The molecule has 1 aromatic heterocycles. The Kier molecular flexibility index (Phi) is 2.54. The van der Waals surface area contributed by atoms with E-state index in [0.717, 1.165) is 5.82 Å². The number of nitrogens with zero attached hydrogens (tertiary/aromatic N) is 2. The summed E-state index contributed by atoms with van der Waals surface area (Å²) in [6.45, 7) is 3.86. The third-order valence-corrected chi connectivity index (χ3v) is 2.78. The molecular formula is C10H16N2O2. The van der Waals surface area contributed by atoms with Crippen molar-refractivity contribution in [1.82, 2.24) is 10.1 Å². The summed E-state index contributed by atoms with van der Waals surface area (Å²) in [6.07, 6.45) is 2.66. The fraction of sp³-hybridized carbons (Fsp3) is 0.800. The second-order valence-electron chi connectivity index (χ2n) is 4.03. The Labute approximate surface area is 83.3 Å². The number of aromatic nitrogens is 2. The second-order valence-corrected chi connectivity index (χ2v) is 4.03. The molecule has 0 spiro atoms. The Morgan fingerprint density at radius 3 is 2.86 bits per heavy atom. The molecule has 0 saturated heterocycles. The molecule has 0 amide bonds. The van der Waals surface area contributed by atoms with Crippen LogP contribution in [0.1, 0.15) is 56.7 Å². The average Bonchev–Trinajstić information content (AvgIpc) is 2.94. The molecule has 1 N–H and O–H groups in total. The number of aliphatic hydroxyl groups is 1. The van der Waals surface area contributed by atoms with Gasteiger partial charge in [0.2, 0.25) is 5.89 Å². The molecule has 1 aromatic rings. The maximum Gasteiger partial charge on any atom is 0.232 e. The van der Waals surface area contributed by atoms with Crippen molar-refractivity contribution in [2.75, 3.05) is 0 Å². The molecule has 4 heteroatoms. The van der Waals surface area contributed by atoms with Gasteiger partial charge in [-0.3, -0.25) is 0 Å². The molecular weight excluding hydrogens is 180 g/mol. The van der Waals surface area contributed by atoms with E-state index in [9.17, 15) is 5.11 Å². The zero-order chi connectivity index (χ0) is 10.1. The minimum atomic E-state index is -0.387. The highest BCUT2D eigenvalue weighted by molar-refractivity contribution is 5.05. The van der Waals surface area contributed by atoms with E-state index in [1.54, 1.807) is 0 Å². The third-order valence-electron chi connectivity index (χ3n) is 2.78. The van der Waals surface area contributed by atoms with E-state index in [0.29, 0.717) is 18.2 Å². The van der Waals surface area contributed by atoms with Crippen LogP contribution in [0.4, 0.5) is 0 Å². The van der Waals surface area contributed by atoms with Gasteiger partial charge in [0.05, 0.1) is 12.0 Å². The van der Waals surface area contributed by atoms with Crippen molar-refractivity contribution in [3.05, 3.63) is 11.7 Å². The molecule has 4 nitrogen and oxygen atoms in total. The van der Waals surface area contributed by atoms with Crippen molar-refractivity contribution < 1.29 is 9.63 Å². The van der Waals surface area contributed by atoms with Crippen LogP contribution >= 0.6 is 0 Å². The van der Waals surface area contributed by atoms with Gasteiger partial charge in [0, 0.05) is 5.92 Å². The summed E-state index contributed by atoms with van der Waals surface area (Å²) in [5.74, 6) is 1.84. The van der Waals surface area contributed by atoms with E-state index in [1.807, 2.05) is 13.8 Å². The quantitative estimate of drug-likeness (QED) is 0.798. The first-order valence-electron chi connectivity index (χ1n) is 5.24. The standard InChI is InChI=1S/C10H16N2O2/c1-3-8(13)6(2)10-11-9(12-14-10)7-4-5-7/h6-8,13H,3-5H2,1-2H3. The summed E-state index contributed by atoms with van der Waals surface area (Å²) in [6, 6.07) is 0. The van der Waals surface area contributed by atoms with Crippen molar-refractivity contribution >= 4 is 0 Å². The highest BCUT2D eigenvalue weighted by Gasteiger charge is 2.30. The van der Waals surface area contributed by atoms with Crippen LogP contribution in [-0.4, -0.2) is 21.4 Å². The van der Waals surface area contributed by atoms with Crippen LogP contribution < -0.4 is 0 Å². The molecule has 0 radical (unpaired) electrons. The highest BCUT2D eigenvalue weighted by Crippen LogP contribution is 2.38. The van der Waals surface area contributed by atoms with E-state index in [2.05, 4.69) is 10.1 Å². The lowest BCUT2D eigenvalue weighted by atomic mass is 10.0. The zero-order valence-electron chi connectivity index (χ0n) is 8.60. The van der Waals surface area contributed by atoms with Crippen LogP contribution in [0.3, 0.4) is 0 Å². The lowest BCUT2D eigenvalue weighted by molar-refractivity contribution is 0.129. The van der Waals surface area contributed by atoms with E-state index in [4.69, 9.17) is 4.52 Å². The largest absolute Gasteiger partial charge is 0.392 e. The maximum atomic E-state index is 9.62. The number of hydrogen-bond donors (Lipinski definition) is 1. The topological polar surface area (TPSA) is 59.2 Å². The molecule has 0 bridgehead atoms. The first kappa shape index (κ1) is 9.65. The predicted octanol–water partition coefficient (Wildman–Crippen LogP) is 1.82. The Hall–Kier alpha value is -0.900.